The third-order valence-electron chi connectivity index (χ3n) is 5.87. The largest absolute Gasteiger partial charge is 0.461 e. The maximum Gasteiger partial charge on any atom is 0.320 e. The second kappa shape index (κ2) is 12.3. The molecule has 1 aromatic carbocycles. The minimum atomic E-state index is -1.50. The van der Waals surface area contributed by atoms with E-state index in [0.29, 0.717) is 24.3 Å². The van der Waals surface area contributed by atoms with E-state index in [1.54, 1.807) is 25.5 Å². The number of fused-ring (bicyclic) bond motifs is 1. The normalized spacial score (nSPS) is 15.5. The van der Waals surface area contributed by atoms with Crippen molar-refractivity contribution < 1.29 is 24.1 Å². The third-order valence-corrected chi connectivity index (χ3v) is 5.87. The van der Waals surface area contributed by atoms with Crippen molar-refractivity contribution in [1.82, 2.24) is 24.4 Å². The molecule has 1 atom stereocenters. The van der Waals surface area contributed by atoms with E-state index in [-0.39, 0.29) is 30.5 Å². The number of methoxy groups -OCH3 is 1. The lowest BCUT2D eigenvalue weighted by molar-refractivity contribution is -0.236. The molecule has 0 radical (unpaired) electrons. The van der Waals surface area contributed by atoms with Crippen molar-refractivity contribution in [2.75, 3.05) is 39.1 Å². The van der Waals surface area contributed by atoms with Crippen molar-refractivity contribution in [1.29, 1.82) is 0 Å². The molecule has 0 aliphatic carbocycles. The molecule has 1 saturated heterocycles. The lowest BCUT2D eigenvalue weighted by Gasteiger charge is -2.26. The first kappa shape index (κ1) is 26.1. The Morgan fingerprint density at radius 2 is 1.78 bits per heavy atom. The Morgan fingerprint density at radius 1 is 1.03 bits per heavy atom. The zero-order valence-corrected chi connectivity index (χ0v) is 21.2. The molecule has 3 heterocycles. The van der Waals surface area contributed by atoms with Crippen molar-refractivity contribution in [2.24, 2.45) is 0 Å². The number of nitrogen functional groups attached to an aromatic ring is 1. The Kier molecular flexibility index (Phi) is 8.92. The second-order valence-corrected chi connectivity index (χ2v) is 9.15. The average Bonchev–Trinajstić information content (AvgIpc) is 3.17. The van der Waals surface area contributed by atoms with Gasteiger partial charge in [0, 0.05) is 13.7 Å². The van der Waals surface area contributed by atoms with Crippen LogP contribution in [0.1, 0.15) is 44.2 Å². The zero-order valence-electron chi connectivity index (χ0n) is 21.2. The van der Waals surface area contributed by atoms with Crippen LogP contribution < -0.4 is 15.2 Å². The molecule has 0 saturated carbocycles. The monoisotopic (exact) mass is 500 g/mol. The van der Waals surface area contributed by atoms with E-state index in [4.69, 9.17) is 24.7 Å². The van der Waals surface area contributed by atoms with Crippen LogP contribution in [0.15, 0.2) is 24.3 Å². The number of piperidine rings is 1. The fraction of sp³-hybridized carbons (Fsp3) is 0.560. The van der Waals surface area contributed by atoms with E-state index in [9.17, 15) is 5.11 Å². The minimum absolute atomic E-state index is 0.113. The number of imidazole rings is 1. The fourth-order valence-electron chi connectivity index (χ4n) is 4.23. The van der Waals surface area contributed by atoms with Gasteiger partial charge in [0.1, 0.15) is 6.61 Å². The molecule has 0 bridgehead atoms. The molecule has 0 amide bonds. The summed E-state index contributed by atoms with van der Waals surface area (Å²) in [7, 11) is 1.59. The maximum absolute atomic E-state index is 10.3. The summed E-state index contributed by atoms with van der Waals surface area (Å²) in [5, 5.41) is 10.3. The first-order valence-electron chi connectivity index (χ1n) is 12.4. The number of likely N-dealkylation sites (tertiary alicyclic amines) is 1. The number of hydrogen-bond acceptors (Lipinski definition) is 10. The maximum atomic E-state index is 10.3. The summed E-state index contributed by atoms with van der Waals surface area (Å²) < 4.78 is 23.4. The molecule has 3 aromatic rings. The molecule has 11 nitrogen and oxygen atoms in total. The van der Waals surface area contributed by atoms with Crippen LogP contribution in [0.3, 0.4) is 0 Å². The van der Waals surface area contributed by atoms with Crippen molar-refractivity contribution in [3.8, 4) is 12.0 Å². The van der Waals surface area contributed by atoms with Crippen LogP contribution in [-0.4, -0.2) is 75.5 Å². The van der Waals surface area contributed by atoms with E-state index in [1.165, 1.54) is 24.8 Å². The molecule has 1 unspecified atom stereocenters. The van der Waals surface area contributed by atoms with Crippen molar-refractivity contribution in [3.05, 3.63) is 35.4 Å². The number of benzene rings is 1. The summed E-state index contributed by atoms with van der Waals surface area (Å²) in [4.78, 5) is 15.7. The average molecular weight is 501 g/mol. The standard InChI is InChI=1S/C25H36N6O5/c1-17(2)35-25(32)36-24-27-20-21(26)28-23(34-13-12-33-3)29-22(20)31(24)16-19-9-7-8-18(14-19)15-30-10-5-4-6-11-30/h7-9,14,17,25,32H,4-6,10-13,15-16H2,1-3H3,(H2,26,28,29). The van der Waals surface area contributed by atoms with Crippen molar-refractivity contribution in [3.63, 3.8) is 0 Å². The van der Waals surface area contributed by atoms with Crippen molar-refractivity contribution in [2.45, 2.75) is 58.8 Å². The second-order valence-electron chi connectivity index (χ2n) is 9.15. The quantitative estimate of drug-likeness (QED) is 0.283. The molecule has 2 aromatic heterocycles. The summed E-state index contributed by atoms with van der Waals surface area (Å²) >= 11 is 0. The number of anilines is 1. The molecule has 11 heteroatoms. The van der Waals surface area contributed by atoms with Gasteiger partial charge in [-0.1, -0.05) is 30.7 Å². The van der Waals surface area contributed by atoms with Crippen LogP contribution in [0.5, 0.6) is 12.0 Å². The highest BCUT2D eigenvalue weighted by molar-refractivity contribution is 5.83. The number of rotatable bonds is 12. The number of nitrogens with zero attached hydrogens (tertiary/aromatic N) is 5. The molecule has 1 aliphatic rings. The highest BCUT2D eigenvalue weighted by atomic mass is 16.8. The van der Waals surface area contributed by atoms with Crippen LogP contribution >= 0.6 is 0 Å². The van der Waals surface area contributed by atoms with Crippen molar-refractivity contribution >= 4 is 17.0 Å². The number of aromatic nitrogens is 4. The van der Waals surface area contributed by atoms with Crippen LogP contribution in [0, 0.1) is 0 Å². The highest BCUT2D eigenvalue weighted by Gasteiger charge is 2.22. The van der Waals surface area contributed by atoms with Gasteiger partial charge in [0.05, 0.1) is 19.3 Å². The number of nitrogens with two attached hydrogens (primary N) is 1. The highest BCUT2D eigenvalue weighted by Crippen LogP contribution is 2.27. The fourth-order valence-corrected chi connectivity index (χ4v) is 4.23. The Labute approximate surface area is 211 Å². The van der Waals surface area contributed by atoms with Gasteiger partial charge in [-0.05, 0) is 50.9 Å². The summed E-state index contributed by atoms with van der Waals surface area (Å²) in [5.74, 6) is 0.147. The minimum Gasteiger partial charge on any atom is -0.461 e. The Morgan fingerprint density at radius 3 is 2.50 bits per heavy atom. The van der Waals surface area contributed by atoms with Crippen LogP contribution in [0.2, 0.25) is 0 Å². The van der Waals surface area contributed by atoms with E-state index in [0.717, 1.165) is 25.2 Å². The molecule has 36 heavy (non-hydrogen) atoms. The van der Waals surface area contributed by atoms with Gasteiger partial charge < -0.3 is 29.8 Å². The summed E-state index contributed by atoms with van der Waals surface area (Å²) in [6.07, 6.45) is 3.56. The SMILES string of the molecule is COCCOc1nc(N)c2nc(OC(O)OC(C)C)n(Cc3cccc(CN4CCCCC4)c3)c2n1. The molecular formula is C25H36N6O5. The smallest absolute Gasteiger partial charge is 0.320 e. The van der Waals surface area contributed by atoms with E-state index < -0.39 is 6.48 Å². The van der Waals surface area contributed by atoms with Gasteiger partial charge in [-0.15, -0.1) is 0 Å². The Hall–Kier alpha value is -2.99. The Balaban J connectivity index is 1.65. The predicted molar refractivity (Wildman–Crippen MR) is 135 cm³/mol. The van der Waals surface area contributed by atoms with Gasteiger partial charge in [-0.2, -0.15) is 15.0 Å². The van der Waals surface area contributed by atoms with Gasteiger partial charge in [-0.25, -0.2) is 0 Å². The number of hydrogen-bond donors (Lipinski definition) is 2. The van der Waals surface area contributed by atoms with E-state index in [2.05, 4.69) is 32.0 Å². The molecule has 1 aliphatic heterocycles. The van der Waals surface area contributed by atoms with Crippen LogP contribution in [-0.2, 0) is 22.6 Å². The van der Waals surface area contributed by atoms with Crippen LogP contribution in [0.25, 0.3) is 11.2 Å². The number of aliphatic hydroxyl groups excluding tert-OH is 1. The summed E-state index contributed by atoms with van der Waals surface area (Å²) in [6.45, 7) is 6.33. The third kappa shape index (κ3) is 6.82. The van der Waals surface area contributed by atoms with Gasteiger partial charge in [-0.3, -0.25) is 9.47 Å². The first-order chi connectivity index (χ1) is 17.4. The van der Waals surface area contributed by atoms with Gasteiger partial charge >= 0.3 is 18.5 Å². The summed E-state index contributed by atoms with van der Waals surface area (Å²) in [5.41, 5.74) is 9.24. The predicted octanol–water partition coefficient (Wildman–Crippen LogP) is 2.55. The van der Waals surface area contributed by atoms with E-state index in [1.807, 2.05) is 12.1 Å². The topological polar surface area (TPSA) is 130 Å². The molecule has 4 rings (SSSR count). The number of ether oxygens (including phenoxy) is 4. The van der Waals surface area contributed by atoms with Gasteiger partial charge in [0.15, 0.2) is 17.0 Å². The lowest BCUT2D eigenvalue weighted by atomic mass is 10.1. The van der Waals surface area contributed by atoms with Gasteiger partial charge in [0.25, 0.3) is 0 Å². The lowest BCUT2D eigenvalue weighted by Crippen LogP contribution is -2.29. The van der Waals surface area contributed by atoms with E-state index >= 15 is 0 Å². The summed E-state index contributed by atoms with van der Waals surface area (Å²) in [6, 6.07) is 8.64. The number of aliphatic hydroxyl groups is 1. The Bertz CT molecular complexity index is 1130. The molecule has 3 N–H and O–H groups in total. The van der Waals surface area contributed by atoms with Gasteiger partial charge in [0.2, 0.25) is 0 Å². The molecule has 0 spiro atoms. The van der Waals surface area contributed by atoms with Crippen LogP contribution in [0.4, 0.5) is 5.82 Å². The molecular weight excluding hydrogens is 464 g/mol. The molecule has 1 fully saturated rings. The first-order valence-corrected chi connectivity index (χ1v) is 12.4. The zero-order chi connectivity index (χ0) is 25.5. The molecule has 196 valence electrons.